The van der Waals surface area contributed by atoms with E-state index in [0.717, 1.165) is 30.5 Å². The third-order valence-electron chi connectivity index (χ3n) is 4.49. The van der Waals surface area contributed by atoms with Crippen LogP contribution in [0.4, 0.5) is 0 Å². The molecule has 3 heterocycles. The molecule has 1 aliphatic heterocycles. The molecule has 1 atom stereocenters. The van der Waals surface area contributed by atoms with E-state index in [1.54, 1.807) is 6.07 Å². The zero-order valence-corrected chi connectivity index (χ0v) is 13.2. The average molecular weight is 322 g/mol. The highest BCUT2D eigenvalue weighted by Gasteiger charge is 2.27. The minimum absolute atomic E-state index is 0.0749. The van der Waals surface area contributed by atoms with Crippen molar-refractivity contribution < 1.29 is 9.32 Å². The van der Waals surface area contributed by atoms with E-state index in [2.05, 4.69) is 15.4 Å². The number of H-pyrrole nitrogens is 1. The lowest BCUT2D eigenvalue weighted by atomic mass is 9.92. The van der Waals surface area contributed by atoms with Crippen LogP contribution in [0.15, 0.2) is 53.3 Å². The van der Waals surface area contributed by atoms with Crippen LogP contribution < -0.4 is 0 Å². The van der Waals surface area contributed by atoms with E-state index < -0.39 is 0 Å². The Morgan fingerprint density at radius 2 is 2.17 bits per heavy atom. The molecule has 6 heteroatoms. The second-order valence-corrected chi connectivity index (χ2v) is 6.06. The first-order chi connectivity index (χ1) is 11.8. The number of amides is 1. The molecule has 1 aromatic carbocycles. The van der Waals surface area contributed by atoms with Gasteiger partial charge in [0.05, 0.1) is 6.20 Å². The molecule has 0 bridgehead atoms. The first-order valence-corrected chi connectivity index (χ1v) is 8.11. The number of piperidine rings is 1. The average Bonchev–Trinajstić information content (AvgIpc) is 3.34. The van der Waals surface area contributed by atoms with Gasteiger partial charge in [0.1, 0.15) is 0 Å². The van der Waals surface area contributed by atoms with Crippen molar-refractivity contribution in [2.75, 3.05) is 13.1 Å². The number of carbonyl (C=O) groups is 1. The fraction of sp³-hybridized carbons (Fsp3) is 0.278. The fourth-order valence-corrected chi connectivity index (χ4v) is 3.19. The summed E-state index contributed by atoms with van der Waals surface area (Å²) >= 11 is 0. The summed E-state index contributed by atoms with van der Waals surface area (Å²) in [5.74, 6) is 0.860. The maximum Gasteiger partial charge on any atom is 0.276 e. The molecular weight excluding hydrogens is 304 g/mol. The van der Waals surface area contributed by atoms with Gasteiger partial charge in [-0.3, -0.25) is 9.89 Å². The first kappa shape index (κ1) is 14.7. The number of aromatic nitrogens is 3. The van der Waals surface area contributed by atoms with Crippen molar-refractivity contribution >= 4 is 5.91 Å². The van der Waals surface area contributed by atoms with Crippen LogP contribution in [0, 0.1) is 0 Å². The lowest BCUT2D eigenvalue weighted by molar-refractivity contribution is 0.0696. The predicted molar refractivity (Wildman–Crippen MR) is 88.4 cm³/mol. The van der Waals surface area contributed by atoms with Gasteiger partial charge >= 0.3 is 0 Å². The Balaban J connectivity index is 1.50. The number of benzene rings is 1. The largest absolute Gasteiger partial charge is 0.355 e. The van der Waals surface area contributed by atoms with Crippen molar-refractivity contribution in [1.29, 1.82) is 0 Å². The summed E-state index contributed by atoms with van der Waals surface area (Å²) in [6.45, 7) is 1.44. The third kappa shape index (κ3) is 2.82. The standard InChI is InChI=1S/C18H18N4O2/c23-18(16-9-17(24-21-16)13-5-2-1-3-6-13)22-8-4-7-14(12-22)15-10-19-20-11-15/h1-3,5-6,9-11,14H,4,7-8,12H2,(H,19,20). The van der Waals surface area contributed by atoms with Crippen LogP contribution in [-0.2, 0) is 0 Å². The smallest absolute Gasteiger partial charge is 0.276 e. The molecule has 1 amide bonds. The summed E-state index contributed by atoms with van der Waals surface area (Å²) < 4.78 is 5.35. The first-order valence-electron chi connectivity index (χ1n) is 8.11. The monoisotopic (exact) mass is 322 g/mol. The van der Waals surface area contributed by atoms with Crippen molar-refractivity contribution in [3.05, 3.63) is 60.0 Å². The summed E-state index contributed by atoms with van der Waals surface area (Å²) in [7, 11) is 0. The van der Waals surface area contributed by atoms with Gasteiger partial charge < -0.3 is 9.42 Å². The van der Waals surface area contributed by atoms with Crippen LogP contribution in [0.1, 0.15) is 34.8 Å². The van der Waals surface area contributed by atoms with Crippen LogP contribution in [0.2, 0.25) is 0 Å². The van der Waals surface area contributed by atoms with E-state index in [0.29, 0.717) is 23.9 Å². The number of likely N-dealkylation sites (tertiary alicyclic amines) is 1. The number of carbonyl (C=O) groups excluding carboxylic acids is 1. The molecule has 24 heavy (non-hydrogen) atoms. The molecule has 4 rings (SSSR count). The Morgan fingerprint density at radius 1 is 1.29 bits per heavy atom. The summed E-state index contributed by atoms with van der Waals surface area (Å²) in [6.07, 6.45) is 5.78. The lowest BCUT2D eigenvalue weighted by Gasteiger charge is -2.31. The Morgan fingerprint density at radius 3 is 2.96 bits per heavy atom. The number of nitrogens with zero attached hydrogens (tertiary/aromatic N) is 3. The highest BCUT2D eigenvalue weighted by Crippen LogP contribution is 2.27. The van der Waals surface area contributed by atoms with Crippen molar-refractivity contribution in [3.63, 3.8) is 0 Å². The van der Waals surface area contributed by atoms with Gasteiger partial charge in [-0.05, 0) is 18.4 Å². The molecule has 6 nitrogen and oxygen atoms in total. The highest BCUT2D eigenvalue weighted by atomic mass is 16.5. The normalized spacial score (nSPS) is 17.8. The minimum Gasteiger partial charge on any atom is -0.355 e. The maximum atomic E-state index is 12.7. The molecular formula is C18H18N4O2. The molecule has 3 aromatic rings. The van der Waals surface area contributed by atoms with Gasteiger partial charge in [0.25, 0.3) is 5.91 Å². The van der Waals surface area contributed by atoms with Gasteiger partial charge in [-0.1, -0.05) is 35.5 Å². The summed E-state index contributed by atoms with van der Waals surface area (Å²) in [5, 5.41) is 10.8. The molecule has 2 aromatic heterocycles. The molecule has 1 N–H and O–H groups in total. The van der Waals surface area contributed by atoms with Crippen molar-refractivity contribution in [2.45, 2.75) is 18.8 Å². The quantitative estimate of drug-likeness (QED) is 0.804. The van der Waals surface area contributed by atoms with Gasteiger partial charge in [-0.2, -0.15) is 5.10 Å². The van der Waals surface area contributed by atoms with Gasteiger partial charge in [-0.15, -0.1) is 0 Å². The predicted octanol–water partition coefficient (Wildman–Crippen LogP) is 3.08. The Kier molecular flexibility index (Phi) is 3.86. The molecule has 122 valence electrons. The second kappa shape index (κ2) is 6.31. The molecule has 1 fully saturated rings. The van der Waals surface area contributed by atoms with E-state index in [1.807, 2.05) is 47.6 Å². The Bertz CT molecular complexity index is 811. The van der Waals surface area contributed by atoms with Crippen molar-refractivity contribution in [2.24, 2.45) is 0 Å². The number of hydrogen-bond acceptors (Lipinski definition) is 4. The van der Waals surface area contributed by atoms with Crippen LogP contribution in [0.25, 0.3) is 11.3 Å². The van der Waals surface area contributed by atoms with Crippen molar-refractivity contribution in [3.8, 4) is 11.3 Å². The highest BCUT2D eigenvalue weighted by molar-refractivity contribution is 5.93. The van der Waals surface area contributed by atoms with E-state index >= 15 is 0 Å². The lowest BCUT2D eigenvalue weighted by Crippen LogP contribution is -2.39. The van der Waals surface area contributed by atoms with Gasteiger partial charge in [0.15, 0.2) is 11.5 Å². The summed E-state index contributed by atoms with van der Waals surface area (Å²) in [5.41, 5.74) is 2.43. The third-order valence-corrected chi connectivity index (χ3v) is 4.49. The fourth-order valence-electron chi connectivity index (χ4n) is 3.19. The van der Waals surface area contributed by atoms with E-state index in [1.165, 1.54) is 0 Å². The summed E-state index contributed by atoms with van der Waals surface area (Å²) in [6, 6.07) is 11.4. The van der Waals surface area contributed by atoms with E-state index in [9.17, 15) is 4.79 Å². The topological polar surface area (TPSA) is 75.0 Å². The molecule has 0 aliphatic carbocycles. The Labute approximate surface area is 139 Å². The number of nitrogens with one attached hydrogen (secondary N) is 1. The Hall–Kier alpha value is -2.89. The van der Waals surface area contributed by atoms with Gasteiger partial charge in [0, 0.05) is 36.8 Å². The maximum absolute atomic E-state index is 12.7. The van der Waals surface area contributed by atoms with Crippen LogP contribution in [-0.4, -0.2) is 39.3 Å². The zero-order valence-electron chi connectivity index (χ0n) is 13.2. The number of aromatic amines is 1. The van der Waals surface area contributed by atoms with Gasteiger partial charge in [0.2, 0.25) is 0 Å². The molecule has 1 unspecified atom stereocenters. The zero-order chi connectivity index (χ0) is 16.4. The van der Waals surface area contributed by atoms with Crippen LogP contribution in [0.3, 0.4) is 0 Å². The number of rotatable bonds is 3. The molecule has 1 saturated heterocycles. The SMILES string of the molecule is O=C(c1cc(-c2ccccc2)on1)N1CCCC(c2cn[nH]c2)C1. The van der Waals surface area contributed by atoms with E-state index in [4.69, 9.17) is 4.52 Å². The summed E-state index contributed by atoms with van der Waals surface area (Å²) in [4.78, 5) is 14.6. The molecule has 1 aliphatic rings. The molecule has 0 spiro atoms. The molecule has 0 saturated carbocycles. The van der Waals surface area contributed by atoms with Crippen molar-refractivity contribution in [1.82, 2.24) is 20.3 Å². The second-order valence-electron chi connectivity index (χ2n) is 6.06. The van der Waals surface area contributed by atoms with Gasteiger partial charge in [-0.25, -0.2) is 0 Å². The molecule has 0 radical (unpaired) electrons. The minimum atomic E-state index is -0.0749. The number of hydrogen-bond donors (Lipinski definition) is 1. The van der Waals surface area contributed by atoms with E-state index in [-0.39, 0.29) is 5.91 Å². The van der Waals surface area contributed by atoms with Crippen LogP contribution in [0.5, 0.6) is 0 Å². The van der Waals surface area contributed by atoms with Crippen LogP contribution >= 0.6 is 0 Å².